The summed E-state index contributed by atoms with van der Waals surface area (Å²) in [5, 5.41) is 0. The fraction of sp³-hybridized carbons (Fsp3) is 0.533. The average Bonchev–Trinajstić information content (AvgIpc) is 2.91. The largest absolute Gasteiger partial charge is 0.493 e. The lowest BCUT2D eigenvalue weighted by Gasteiger charge is -2.19. The van der Waals surface area contributed by atoms with E-state index in [4.69, 9.17) is 9.47 Å². The van der Waals surface area contributed by atoms with Gasteiger partial charge in [0.1, 0.15) is 6.29 Å². The standard InChI is InChI=1S/C15H19BrO3/c1-18-14-10-12(16)9-11(5-4-8-17)15(14)19-13-6-2-3-7-13/h8-10,13H,2-7H2,1H3. The quantitative estimate of drug-likeness (QED) is 0.743. The molecule has 104 valence electrons. The molecule has 1 aliphatic rings. The second-order valence-electron chi connectivity index (χ2n) is 4.83. The highest BCUT2D eigenvalue weighted by atomic mass is 79.9. The van der Waals surface area contributed by atoms with Gasteiger partial charge < -0.3 is 14.3 Å². The monoisotopic (exact) mass is 326 g/mol. The van der Waals surface area contributed by atoms with E-state index in [0.717, 1.165) is 40.7 Å². The molecule has 0 saturated heterocycles. The number of methoxy groups -OCH3 is 1. The third-order valence-electron chi connectivity index (χ3n) is 3.43. The molecule has 19 heavy (non-hydrogen) atoms. The van der Waals surface area contributed by atoms with E-state index in [1.54, 1.807) is 7.11 Å². The zero-order valence-corrected chi connectivity index (χ0v) is 12.7. The Labute approximate surface area is 122 Å². The second kappa shape index (κ2) is 6.94. The summed E-state index contributed by atoms with van der Waals surface area (Å²) >= 11 is 3.47. The first-order chi connectivity index (χ1) is 9.24. The summed E-state index contributed by atoms with van der Waals surface area (Å²) in [6.07, 6.45) is 7.07. The molecule has 0 aromatic heterocycles. The van der Waals surface area contributed by atoms with Crippen molar-refractivity contribution in [3.05, 3.63) is 22.2 Å². The van der Waals surface area contributed by atoms with Crippen LogP contribution in [0.25, 0.3) is 0 Å². The van der Waals surface area contributed by atoms with Crippen LogP contribution in [0.2, 0.25) is 0 Å². The minimum Gasteiger partial charge on any atom is -0.493 e. The van der Waals surface area contributed by atoms with Gasteiger partial charge in [0.2, 0.25) is 0 Å². The van der Waals surface area contributed by atoms with Crippen LogP contribution in [-0.2, 0) is 11.2 Å². The molecule has 0 bridgehead atoms. The summed E-state index contributed by atoms with van der Waals surface area (Å²) in [4.78, 5) is 10.6. The number of ether oxygens (including phenoxy) is 2. The van der Waals surface area contributed by atoms with Crippen LogP contribution in [0, 0.1) is 0 Å². The predicted octanol–water partition coefficient (Wildman–Crippen LogP) is 3.91. The Kier molecular flexibility index (Phi) is 5.25. The molecule has 0 unspecified atom stereocenters. The third-order valence-corrected chi connectivity index (χ3v) is 3.89. The summed E-state index contributed by atoms with van der Waals surface area (Å²) in [6.45, 7) is 0. The zero-order chi connectivity index (χ0) is 13.7. The van der Waals surface area contributed by atoms with Gasteiger partial charge in [-0.1, -0.05) is 15.9 Å². The number of halogens is 1. The van der Waals surface area contributed by atoms with Crippen molar-refractivity contribution in [2.24, 2.45) is 0 Å². The first-order valence-corrected chi connectivity index (χ1v) is 7.50. The van der Waals surface area contributed by atoms with Gasteiger partial charge in [-0.05, 0) is 49.8 Å². The lowest BCUT2D eigenvalue weighted by atomic mass is 10.1. The van der Waals surface area contributed by atoms with E-state index in [0.29, 0.717) is 12.8 Å². The lowest BCUT2D eigenvalue weighted by Crippen LogP contribution is -2.13. The van der Waals surface area contributed by atoms with Gasteiger partial charge >= 0.3 is 0 Å². The Morgan fingerprint density at radius 2 is 2.11 bits per heavy atom. The van der Waals surface area contributed by atoms with Crippen molar-refractivity contribution in [1.82, 2.24) is 0 Å². The maximum Gasteiger partial charge on any atom is 0.164 e. The molecule has 0 radical (unpaired) electrons. The van der Waals surface area contributed by atoms with Gasteiger partial charge in [0, 0.05) is 10.9 Å². The number of aldehydes is 1. The number of rotatable bonds is 6. The minimum absolute atomic E-state index is 0.282. The fourth-order valence-corrected chi connectivity index (χ4v) is 2.97. The summed E-state index contributed by atoms with van der Waals surface area (Å²) in [5.41, 5.74) is 1.03. The van der Waals surface area contributed by atoms with Crippen LogP contribution >= 0.6 is 15.9 Å². The molecule has 0 aliphatic heterocycles. The summed E-state index contributed by atoms with van der Waals surface area (Å²) in [6, 6.07) is 3.92. The highest BCUT2D eigenvalue weighted by Crippen LogP contribution is 2.38. The van der Waals surface area contributed by atoms with E-state index < -0.39 is 0 Å². The number of aryl methyl sites for hydroxylation is 1. The molecule has 1 fully saturated rings. The van der Waals surface area contributed by atoms with E-state index in [-0.39, 0.29) is 6.10 Å². The van der Waals surface area contributed by atoms with Gasteiger partial charge in [0.25, 0.3) is 0 Å². The van der Waals surface area contributed by atoms with Crippen LogP contribution in [0.3, 0.4) is 0 Å². The average molecular weight is 327 g/mol. The molecule has 0 N–H and O–H groups in total. The Hall–Kier alpha value is -1.03. The van der Waals surface area contributed by atoms with Gasteiger partial charge in [-0.25, -0.2) is 0 Å². The van der Waals surface area contributed by atoms with E-state index in [1.807, 2.05) is 12.1 Å². The number of benzene rings is 1. The van der Waals surface area contributed by atoms with Crippen molar-refractivity contribution in [3.63, 3.8) is 0 Å². The topological polar surface area (TPSA) is 35.5 Å². The van der Waals surface area contributed by atoms with Gasteiger partial charge in [-0.15, -0.1) is 0 Å². The van der Waals surface area contributed by atoms with Crippen molar-refractivity contribution in [2.75, 3.05) is 7.11 Å². The molecule has 1 aromatic carbocycles. The van der Waals surface area contributed by atoms with Gasteiger partial charge in [0.05, 0.1) is 13.2 Å². The van der Waals surface area contributed by atoms with E-state index in [9.17, 15) is 4.79 Å². The van der Waals surface area contributed by atoms with Crippen LogP contribution in [0.1, 0.15) is 37.7 Å². The van der Waals surface area contributed by atoms with Crippen LogP contribution in [0.15, 0.2) is 16.6 Å². The molecule has 1 aliphatic carbocycles. The van der Waals surface area contributed by atoms with Crippen molar-refractivity contribution >= 4 is 22.2 Å². The van der Waals surface area contributed by atoms with Gasteiger partial charge in [-0.3, -0.25) is 0 Å². The van der Waals surface area contributed by atoms with Crippen LogP contribution < -0.4 is 9.47 Å². The van der Waals surface area contributed by atoms with E-state index in [1.165, 1.54) is 12.8 Å². The van der Waals surface area contributed by atoms with Gasteiger partial charge in [-0.2, -0.15) is 0 Å². The molecule has 0 atom stereocenters. The van der Waals surface area contributed by atoms with Gasteiger partial charge in [0.15, 0.2) is 11.5 Å². The van der Waals surface area contributed by atoms with Crippen LogP contribution in [0.5, 0.6) is 11.5 Å². The molecule has 4 heteroatoms. The molecule has 2 rings (SSSR count). The molecular weight excluding hydrogens is 308 g/mol. The highest BCUT2D eigenvalue weighted by molar-refractivity contribution is 9.10. The molecular formula is C15H19BrO3. The SMILES string of the molecule is COc1cc(Br)cc(CCC=O)c1OC1CCCC1. The molecule has 1 saturated carbocycles. The molecule has 1 aromatic rings. The van der Waals surface area contributed by atoms with E-state index >= 15 is 0 Å². The number of hydrogen-bond donors (Lipinski definition) is 0. The van der Waals surface area contributed by atoms with Crippen molar-refractivity contribution < 1.29 is 14.3 Å². The van der Waals surface area contributed by atoms with Crippen molar-refractivity contribution in [2.45, 2.75) is 44.6 Å². The van der Waals surface area contributed by atoms with Crippen LogP contribution in [0.4, 0.5) is 0 Å². The number of hydrogen-bond acceptors (Lipinski definition) is 3. The Bertz CT molecular complexity index is 439. The highest BCUT2D eigenvalue weighted by Gasteiger charge is 2.21. The normalized spacial score (nSPS) is 15.5. The van der Waals surface area contributed by atoms with E-state index in [2.05, 4.69) is 15.9 Å². The Morgan fingerprint density at radius 1 is 1.37 bits per heavy atom. The Balaban J connectivity index is 2.26. The predicted molar refractivity (Wildman–Crippen MR) is 78.0 cm³/mol. The molecule has 3 nitrogen and oxygen atoms in total. The smallest absolute Gasteiger partial charge is 0.164 e. The maximum atomic E-state index is 10.6. The summed E-state index contributed by atoms with van der Waals surface area (Å²) in [5.74, 6) is 1.54. The zero-order valence-electron chi connectivity index (χ0n) is 11.2. The number of carbonyl (C=O) groups is 1. The first-order valence-electron chi connectivity index (χ1n) is 6.71. The maximum absolute atomic E-state index is 10.6. The summed E-state index contributed by atoms with van der Waals surface area (Å²) in [7, 11) is 1.65. The van der Waals surface area contributed by atoms with Crippen molar-refractivity contribution in [1.29, 1.82) is 0 Å². The minimum atomic E-state index is 0.282. The fourth-order valence-electron chi connectivity index (χ4n) is 2.48. The first kappa shape index (κ1) is 14.4. The molecule has 0 spiro atoms. The second-order valence-corrected chi connectivity index (χ2v) is 5.74. The Morgan fingerprint density at radius 3 is 2.74 bits per heavy atom. The summed E-state index contributed by atoms with van der Waals surface area (Å²) < 4.78 is 12.5. The lowest BCUT2D eigenvalue weighted by molar-refractivity contribution is -0.107. The number of carbonyl (C=O) groups excluding carboxylic acids is 1. The van der Waals surface area contributed by atoms with Crippen molar-refractivity contribution in [3.8, 4) is 11.5 Å². The molecule has 0 heterocycles. The molecule has 0 amide bonds. The van der Waals surface area contributed by atoms with Crippen LogP contribution in [-0.4, -0.2) is 19.5 Å². The third kappa shape index (κ3) is 3.72.